The van der Waals surface area contributed by atoms with Crippen LogP contribution in [0.1, 0.15) is 294 Å². The van der Waals surface area contributed by atoms with Crippen LogP contribution in [0.2, 0.25) is 0 Å². The summed E-state index contributed by atoms with van der Waals surface area (Å²) in [5, 5.41) is 30.9. The van der Waals surface area contributed by atoms with E-state index < -0.39 is 0 Å². The van der Waals surface area contributed by atoms with E-state index in [0.29, 0.717) is 124 Å². The van der Waals surface area contributed by atoms with Gasteiger partial charge in [0.05, 0.1) is 4.75 Å². The molecule has 78 heavy (non-hydrogen) atoms. The molecule has 2 spiro atoms. The van der Waals surface area contributed by atoms with E-state index in [0.717, 1.165) is 5.92 Å². The summed E-state index contributed by atoms with van der Waals surface area (Å²) in [5.74, 6) is 14.5. The van der Waals surface area contributed by atoms with Crippen LogP contribution in [-0.2, 0) is 16.6 Å². The first-order valence-corrected chi connectivity index (χ1v) is 33.5. The number of thioether (sulfide) groups is 1. The van der Waals surface area contributed by atoms with Gasteiger partial charge in [-0.25, -0.2) is 0 Å². The normalized spacial score (nSPS) is 44.8. The van der Waals surface area contributed by atoms with Gasteiger partial charge in [-0.2, -0.15) is 0 Å². The van der Waals surface area contributed by atoms with Crippen LogP contribution < -0.4 is 0 Å². The van der Waals surface area contributed by atoms with Gasteiger partial charge in [0.15, 0.2) is 0 Å². The third-order valence-electron chi connectivity index (χ3n) is 33.1. The summed E-state index contributed by atoms with van der Waals surface area (Å²) in [4.78, 5) is 1.87. The summed E-state index contributed by atoms with van der Waals surface area (Å²) in [6, 6.07) is 5.64. The fraction of sp³-hybridized carbons (Fsp3) is 0.429. The zero-order valence-electron chi connectivity index (χ0n) is 43.8. The molecule has 23 aliphatic rings. The third-order valence-corrected chi connectivity index (χ3v) is 34.9. The molecular weight excluding hydrogens is 957 g/mol. The van der Waals surface area contributed by atoms with Crippen molar-refractivity contribution in [3.05, 3.63) is 140 Å². The molecule has 1 heterocycles. The molecule has 0 radical (unpaired) electrons. The molecule has 0 N–H and O–H groups in total. The van der Waals surface area contributed by atoms with Crippen LogP contribution in [0.4, 0.5) is 0 Å². The molecule has 1 fully saturated rings. The van der Waals surface area contributed by atoms with E-state index in [1.54, 1.807) is 11.1 Å². The van der Waals surface area contributed by atoms with Gasteiger partial charge in [0.1, 0.15) is 0 Å². The molecule has 11 aromatic rings. The summed E-state index contributed by atoms with van der Waals surface area (Å²) in [5.41, 5.74) is 50.5. The number of fused-ring (bicyclic) bond motifs is 1. The number of rotatable bonds is 7. The van der Waals surface area contributed by atoms with Crippen molar-refractivity contribution in [2.24, 2.45) is 17.8 Å². The molecule has 1 heteroatoms. The molecule has 0 nitrogen and oxygen atoms in total. The van der Waals surface area contributed by atoms with E-state index in [2.05, 4.69) is 96.1 Å². The van der Waals surface area contributed by atoms with Crippen molar-refractivity contribution in [1.82, 2.24) is 0 Å². The van der Waals surface area contributed by atoms with E-state index in [-0.39, 0.29) is 10.2 Å². The molecule has 34 rings (SSSR count). The monoisotopic (exact) mass is 1000 g/mol. The molecule has 0 aromatic heterocycles. The Balaban J connectivity index is 0.938. The Morgan fingerprint density at radius 2 is 0.744 bits per heavy atom. The minimum absolute atomic E-state index is 0.00128. The molecule has 11 aromatic carbocycles. The summed E-state index contributed by atoms with van der Waals surface area (Å²) < 4.78 is 0.0355. The number of hydrogen-bond donors (Lipinski definition) is 0. The van der Waals surface area contributed by atoms with Crippen molar-refractivity contribution >= 4 is 97.9 Å². The Kier molecular flexibility index (Phi) is 3.65. The first-order chi connectivity index (χ1) is 38.6. The second-order valence-corrected chi connectivity index (χ2v) is 34.2. The first kappa shape index (κ1) is 34.0. The average molecular weight is 1000 g/mol. The van der Waals surface area contributed by atoms with Gasteiger partial charge in [0.2, 0.25) is 0 Å². The van der Waals surface area contributed by atoms with Crippen molar-refractivity contribution in [3.8, 4) is 11.1 Å². The van der Waals surface area contributed by atoms with Crippen LogP contribution in [0, 0.1) is 17.8 Å². The van der Waals surface area contributed by atoms with Gasteiger partial charge in [0.25, 0.3) is 0 Å². The topological polar surface area (TPSA) is 0 Å². The van der Waals surface area contributed by atoms with Gasteiger partial charge in [-0.3, -0.25) is 0 Å². The molecule has 0 amide bonds. The van der Waals surface area contributed by atoms with E-state index >= 15 is 0 Å². The van der Waals surface area contributed by atoms with E-state index in [1.165, 1.54) is 32.1 Å². The highest BCUT2D eigenvalue weighted by Crippen LogP contribution is 3.01. The zero-order chi connectivity index (χ0) is 47.6. The highest BCUT2D eigenvalue weighted by molar-refractivity contribution is 8.00. The molecule has 360 valence electrons. The fourth-order valence-corrected chi connectivity index (χ4v) is 36.1. The van der Waals surface area contributed by atoms with E-state index in [9.17, 15) is 0 Å². The minimum atomic E-state index is 0.00128. The SMILES string of the molecule is CCCCC(CC)Cc1ccc(C(C)C)c2c1SC13c4c5c6c7c8c9c%10c%11c%12c%13c%14c%15c(c%16c%13c%10c7c4-%16)C21C1C%15C2c4c7c%10c%13c%15c%16c%17c%18c%19c%20c%21c%22c%23c(c4c4c%22c%19c%16c%104)C2C%14C%12C%23C%21C%11C9C%20C%18C8C6C%17C%15C5C3C%13C71. The van der Waals surface area contributed by atoms with Crippen molar-refractivity contribution < 1.29 is 0 Å². The lowest BCUT2D eigenvalue weighted by molar-refractivity contribution is 0.0336. The molecule has 0 saturated heterocycles. The van der Waals surface area contributed by atoms with Gasteiger partial charge in [-0.1, -0.05) is 65.5 Å². The molecule has 23 unspecified atom stereocenters. The van der Waals surface area contributed by atoms with Crippen molar-refractivity contribution in [3.63, 3.8) is 0 Å². The van der Waals surface area contributed by atoms with Crippen LogP contribution in [0.5, 0.6) is 0 Å². The quantitative estimate of drug-likeness (QED) is 0.143. The second kappa shape index (κ2) is 8.37. The molecule has 0 bridgehead atoms. The summed E-state index contributed by atoms with van der Waals surface area (Å²) in [6.07, 6.45) is 6.68. The molecule has 1 aliphatic heterocycles. The standard InChI is InChI=1S/C77H46S/c1-5-7-8-13(6-2)11-14-9-10-15(12(3)4)70-75(14)78-77-73-66-60-50-38-30-22-18-16-17-20-24(22)32(38)42-36-28(20)29-21(17)25-23-19(16)27-26(18)34-40(30)48-54-44(34)45-35(27)41-31(23)39-33(25)43-37(29)47-46(36)58(52(42)60)68(73)69-59(47)53(43)61-51(39)57-49(41)55(45)63-62(54)71(64(66)56(48)50)76(70,77)72(63)65(57)67(61)74(69)77/h9-10,12-13,18,20,22,24,26,28,34,36,44-47,55,59,63,65,67,69,72,74H,5-8,11H2,1-4H3. The Hall–Kier alpha value is -5.37. The summed E-state index contributed by atoms with van der Waals surface area (Å²) in [7, 11) is 0. The largest absolute Gasteiger partial charge is 0.112 e. The lowest BCUT2D eigenvalue weighted by Crippen LogP contribution is -2.62. The van der Waals surface area contributed by atoms with Gasteiger partial charge >= 0.3 is 0 Å². The Morgan fingerprint density at radius 1 is 0.385 bits per heavy atom. The second-order valence-electron chi connectivity index (χ2n) is 32.9. The first-order valence-electron chi connectivity index (χ1n) is 32.7. The lowest BCUT2D eigenvalue weighted by atomic mass is 9.39. The highest BCUT2D eigenvalue weighted by atomic mass is 32.2. The van der Waals surface area contributed by atoms with Crippen LogP contribution in [-0.4, -0.2) is 0 Å². The van der Waals surface area contributed by atoms with Gasteiger partial charge < -0.3 is 0 Å². The Bertz CT molecular complexity index is 5700. The maximum atomic E-state index is 2.84. The number of hydrogen-bond acceptors (Lipinski definition) is 1. The molecule has 23 atom stereocenters. The van der Waals surface area contributed by atoms with Gasteiger partial charge in [0, 0.05) is 10.3 Å². The molecule has 22 aliphatic carbocycles. The average Bonchev–Trinajstić information content (AvgIpc) is 1.53. The smallest absolute Gasteiger partial charge is 0.0645 e. The third kappa shape index (κ3) is 2.04. The van der Waals surface area contributed by atoms with Crippen molar-refractivity contribution in [1.29, 1.82) is 0 Å². The lowest BCUT2D eigenvalue weighted by Gasteiger charge is -2.65. The van der Waals surface area contributed by atoms with E-state index in [1.807, 2.05) is 175 Å². The summed E-state index contributed by atoms with van der Waals surface area (Å²) >= 11 is 2.69. The Labute approximate surface area is 451 Å². The maximum absolute atomic E-state index is 2.84. The van der Waals surface area contributed by atoms with Crippen molar-refractivity contribution in [2.45, 2.75) is 187 Å². The predicted molar refractivity (Wildman–Crippen MR) is 308 cm³/mol. The number of benzene rings is 10. The van der Waals surface area contributed by atoms with Crippen LogP contribution in [0.25, 0.3) is 97.3 Å². The van der Waals surface area contributed by atoms with Gasteiger partial charge in [-0.15, -0.1) is 11.8 Å². The Morgan fingerprint density at radius 3 is 1.19 bits per heavy atom. The van der Waals surface area contributed by atoms with Crippen LogP contribution in [0.3, 0.4) is 0 Å². The summed E-state index contributed by atoms with van der Waals surface area (Å²) in [6.45, 7) is 10.3. The fourth-order valence-electron chi connectivity index (χ4n) is 33.9. The van der Waals surface area contributed by atoms with Gasteiger partial charge in [-0.05, 0) is 362 Å². The molecular formula is C77H46S. The van der Waals surface area contributed by atoms with Crippen LogP contribution >= 0.6 is 11.8 Å². The van der Waals surface area contributed by atoms with Crippen molar-refractivity contribution in [2.75, 3.05) is 0 Å². The number of unbranched alkanes of at least 4 members (excludes halogenated alkanes) is 1. The maximum Gasteiger partial charge on any atom is 0.0645 e. The van der Waals surface area contributed by atoms with Crippen LogP contribution in [0.15, 0.2) is 17.0 Å². The van der Waals surface area contributed by atoms with E-state index in [4.69, 9.17) is 0 Å². The highest BCUT2D eigenvalue weighted by Gasteiger charge is 2.90. The zero-order valence-corrected chi connectivity index (χ0v) is 44.6. The molecule has 1 saturated carbocycles. The minimum Gasteiger partial charge on any atom is -0.112 e. The predicted octanol–water partition coefficient (Wildman–Crippen LogP) is 18.4.